The molecule has 2 N–H and O–H groups in total. The lowest BCUT2D eigenvalue weighted by atomic mass is 10.3. The first-order chi connectivity index (χ1) is 9.47. The minimum atomic E-state index is -0.532. The third-order valence-corrected chi connectivity index (χ3v) is 3.59. The summed E-state index contributed by atoms with van der Waals surface area (Å²) in [6.07, 6.45) is 1.09. The first-order valence-corrected chi connectivity index (χ1v) is 6.88. The monoisotopic (exact) mass is 298 g/mol. The SMILES string of the molecule is C[C@H]1C[C@H]1C(=O)NCCC(=O)Nc1ccc(F)c(Cl)c1. The largest absolute Gasteiger partial charge is 0.355 e. The van der Waals surface area contributed by atoms with E-state index in [4.69, 9.17) is 11.6 Å². The van der Waals surface area contributed by atoms with Crippen LogP contribution in [0.5, 0.6) is 0 Å². The standard InChI is InChI=1S/C14H16ClFN2O2/c1-8-6-10(8)14(20)17-5-4-13(19)18-9-2-3-12(16)11(15)7-9/h2-3,7-8,10H,4-6H2,1H3,(H,17,20)(H,18,19)/t8-,10+/m0/s1. The summed E-state index contributed by atoms with van der Waals surface area (Å²) in [7, 11) is 0. The number of halogens is 2. The molecule has 1 aromatic rings. The lowest BCUT2D eigenvalue weighted by Crippen LogP contribution is -2.29. The molecule has 2 atom stereocenters. The molecule has 0 radical (unpaired) electrons. The van der Waals surface area contributed by atoms with Crippen molar-refractivity contribution >= 4 is 29.1 Å². The van der Waals surface area contributed by atoms with Crippen LogP contribution in [0.25, 0.3) is 0 Å². The van der Waals surface area contributed by atoms with Gasteiger partial charge < -0.3 is 10.6 Å². The van der Waals surface area contributed by atoms with Crippen LogP contribution in [0.1, 0.15) is 19.8 Å². The number of benzene rings is 1. The second-order valence-corrected chi connectivity index (χ2v) is 5.44. The van der Waals surface area contributed by atoms with Gasteiger partial charge in [-0.25, -0.2) is 4.39 Å². The van der Waals surface area contributed by atoms with Crippen LogP contribution in [0.3, 0.4) is 0 Å². The van der Waals surface area contributed by atoms with E-state index in [0.717, 1.165) is 6.42 Å². The molecule has 1 aromatic carbocycles. The average Bonchev–Trinajstić information content (AvgIpc) is 3.11. The Hall–Kier alpha value is -1.62. The van der Waals surface area contributed by atoms with Gasteiger partial charge in [-0.3, -0.25) is 9.59 Å². The molecule has 0 spiro atoms. The summed E-state index contributed by atoms with van der Waals surface area (Å²) >= 11 is 5.62. The highest BCUT2D eigenvalue weighted by molar-refractivity contribution is 6.31. The predicted octanol–water partition coefficient (Wildman–Crippen LogP) is 2.58. The Labute approximate surface area is 121 Å². The van der Waals surface area contributed by atoms with Crippen molar-refractivity contribution in [2.45, 2.75) is 19.8 Å². The molecule has 6 heteroatoms. The summed E-state index contributed by atoms with van der Waals surface area (Å²) in [5.41, 5.74) is 0.434. The molecule has 1 saturated carbocycles. The van der Waals surface area contributed by atoms with E-state index in [1.807, 2.05) is 6.92 Å². The first kappa shape index (κ1) is 14.8. The van der Waals surface area contributed by atoms with Crippen LogP contribution in [-0.4, -0.2) is 18.4 Å². The summed E-state index contributed by atoms with van der Waals surface area (Å²) in [4.78, 5) is 23.2. The molecule has 1 aliphatic rings. The molecule has 4 nitrogen and oxygen atoms in total. The maximum atomic E-state index is 12.9. The third-order valence-electron chi connectivity index (χ3n) is 3.30. The molecular weight excluding hydrogens is 283 g/mol. The van der Waals surface area contributed by atoms with Crippen LogP contribution in [0.2, 0.25) is 5.02 Å². The topological polar surface area (TPSA) is 58.2 Å². The number of rotatable bonds is 5. The lowest BCUT2D eigenvalue weighted by molar-refractivity contribution is -0.122. The molecule has 0 aliphatic heterocycles. The summed E-state index contributed by atoms with van der Waals surface area (Å²) in [5.74, 6) is -0.221. The van der Waals surface area contributed by atoms with Gasteiger partial charge in [-0.15, -0.1) is 0 Å². The molecule has 108 valence electrons. The number of carbonyl (C=O) groups excluding carboxylic acids is 2. The fourth-order valence-electron chi connectivity index (χ4n) is 1.92. The van der Waals surface area contributed by atoms with Crippen molar-refractivity contribution in [1.29, 1.82) is 0 Å². The Bertz CT molecular complexity index is 536. The van der Waals surface area contributed by atoms with E-state index < -0.39 is 5.82 Å². The highest BCUT2D eigenvalue weighted by Crippen LogP contribution is 2.37. The van der Waals surface area contributed by atoms with Crippen LogP contribution in [0, 0.1) is 17.7 Å². The molecule has 0 heterocycles. The molecule has 1 fully saturated rings. The Morgan fingerprint density at radius 3 is 2.75 bits per heavy atom. The highest BCUT2D eigenvalue weighted by atomic mass is 35.5. The Morgan fingerprint density at radius 2 is 2.15 bits per heavy atom. The minimum absolute atomic E-state index is 0.00938. The zero-order valence-electron chi connectivity index (χ0n) is 11.1. The van der Waals surface area contributed by atoms with Crippen molar-refractivity contribution in [3.05, 3.63) is 29.0 Å². The van der Waals surface area contributed by atoms with Gasteiger partial charge in [0.15, 0.2) is 0 Å². The number of hydrogen-bond acceptors (Lipinski definition) is 2. The summed E-state index contributed by atoms with van der Waals surface area (Å²) < 4.78 is 12.9. The van der Waals surface area contributed by atoms with E-state index in [9.17, 15) is 14.0 Å². The van der Waals surface area contributed by atoms with Gasteiger partial charge in [0, 0.05) is 24.6 Å². The Morgan fingerprint density at radius 1 is 1.45 bits per heavy atom. The normalized spacial score (nSPS) is 20.4. The quantitative estimate of drug-likeness (QED) is 0.878. The Kier molecular flexibility index (Phi) is 4.60. The number of amides is 2. The molecule has 2 rings (SSSR count). The molecule has 0 saturated heterocycles. The number of hydrogen-bond donors (Lipinski definition) is 2. The molecule has 1 aliphatic carbocycles. The third kappa shape index (κ3) is 3.93. The second kappa shape index (κ2) is 6.22. The van der Waals surface area contributed by atoms with Crippen LogP contribution >= 0.6 is 11.6 Å². The average molecular weight is 299 g/mol. The van der Waals surface area contributed by atoms with Gasteiger partial charge in [0.25, 0.3) is 0 Å². The minimum Gasteiger partial charge on any atom is -0.355 e. The van der Waals surface area contributed by atoms with Gasteiger partial charge in [-0.2, -0.15) is 0 Å². The summed E-state index contributed by atoms with van der Waals surface area (Å²) in [5, 5.41) is 5.28. The van der Waals surface area contributed by atoms with E-state index in [2.05, 4.69) is 10.6 Å². The van der Waals surface area contributed by atoms with Crippen molar-refractivity contribution in [2.24, 2.45) is 11.8 Å². The lowest BCUT2D eigenvalue weighted by Gasteiger charge is -2.07. The van der Waals surface area contributed by atoms with Crippen LogP contribution in [0.4, 0.5) is 10.1 Å². The van der Waals surface area contributed by atoms with E-state index in [1.165, 1.54) is 18.2 Å². The second-order valence-electron chi connectivity index (χ2n) is 5.04. The van der Waals surface area contributed by atoms with Crippen molar-refractivity contribution in [1.82, 2.24) is 5.32 Å². The molecule has 0 aromatic heterocycles. The van der Waals surface area contributed by atoms with E-state index >= 15 is 0 Å². The van der Waals surface area contributed by atoms with Gasteiger partial charge in [-0.1, -0.05) is 18.5 Å². The van der Waals surface area contributed by atoms with Crippen LogP contribution in [-0.2, 0) is 9.59 Å². The van der Waals surface area contributed by atoms with E-state index in [-0.39, 0.29) is 29.2 Å². The molecule has 2 amide bonds. The number of carbonyl (C=O) groups is 2. The van der Waals surface area contributed by atoms with Gasteiger partial charge >= 0.3 is 0 Å². The van der Waals surface area contributed by atoms with Gasteiger partial charge in [-0.05, 0) is 30.5 Å². The van der Waals surface area contributed by atoms with Gasteiger partial charge in [0.05, 0.1) is 5.02 Å². The van der Waals surface area contributed by atoms with Crippen molar-refractivity contribution in [3.8, 4) is 0 Å². The van der Waals surface area contributed by atoms with Gasteiger partial charge in [0.2, 0.25) is 11.8 Å². The zero-order valence-corrected chi connectivity index (χ0v) is 11.8. The summed E-state index contributed by atoms with van der Waals surface area (Å²) in [6, 6.07) is 3.97. The van der Waals surface area contributed by atoms with Gasteiger partial charge in [0.1, 0.15) is 5.82 Å². The zero-order chi connectivity index (χ0) is 14.7. The van der Waals surface area contributed by atoms with E-state index in [1.54, 1.807) is 0 Å². The highest BCUT2D eigenvalue weighted by Gasteiger charge is 2.38. The number of nitrogens with one attached hydrogen (secondary N) is 2. The molecule has 0 bridgehead atoms. The fraction of sp³-hybridized carbons (Fsp3) is 0.429. The van der Waals surface area contributed by atoms with Crippen LogP contribution in [0.15, 0.2) is 18.2 Å². The Balaban J connectivity index is 1.72. The van der Waals surface area contributed by atoms with Crippen LogP contribution < -0.4 is 10.6 Å². The summed E-state index contributed by atoms with van der Waals surface area (Å²) in [6.45, 7) is 2.32. The molecular formula is C14H16ClFN2O2. The maximum Gasteiger partial charge on any atom is 0.226 e. The molecule has 0 unspecified atom stereocenters. The number of anilines is 1. The maximum absolute atomic E-state index is 12.9. The molecule has 20 heavy (non-hydrogen) atoms. The first-order valence-electron chi connectivity index (χ1n) is 6.50. The predicted molar refractivity (Wildman–Crippen MR) is 74.9 cm³/mol. The smallest absolute Gasteiger partial charge is 0.226 e. The fourth-order valence-corrected chi connectivity index (χ4v) is 2.10. The van der Waals surface area contributed by atoms with Crippen molar-refractivity contribution in [2.75, 3.05) is 11.9 Å². The van der Waals surface area contributed by atoms with Crippen molar-refractivity contribution in [3.63, 3.8) is 0 Å². The van der Waals surface area contributed by atoms with Crippen molar-refractivity contribution < 1.29 is 14.0 Å². The van der Waals surface area contributed by atoms with E-state index in [0.29, 0.717) is 18.2 Å².